The van der Waals surface area contributed by atoms with Crippen molar-refractivity contribution >= 4 is 17.6 Å². The van der Waals surface area contributed by atoms with Crippen LogP contribution in [0.15, 0.2) is 84.9 Å². The number of phenols is 1. The summed E-state index contributed by atoms with van der Waals surface area (Å²) >= 11 is 0. The molecule has 0 saturated carbocycles. The summed E-state index contributed by atoms with van der Waals surface area (Å²) in [5.41, 5.74) is 1.81. The van der Waals surface area contributed by atoms with Crippen LogP contribution in [0.2, 0.25) is 0 Å². The number of urea groups is 1. The molecule has 2 aliphatic rings. The van der Waals surface area contributed by atoms with Gasteiger partial charge in [0.15, 0.2) is 0 Å². The molecule has 0 radical (unpaired) electrons. The first-order valence-corrected chi connectivity index (χ1v) is 12.0. The Balaban J connectivity index is 1.31. The van der Waals surface area contributed by atoms with Crippen LogP contribution >= 0.6 is 0 Å². The van der Waals surface area contributed by atoms with Crippen molar-refractivity contribution in [3.8, 4) is 5.75 Å². The zero-order chi connectivity index (χ0) is 24.3. The highest BCUT2D eigenvalue weighted by molar-refractivity contribution is 6.07. The third kappa shape index (κ3) is 4.86. The van der Waals surface area contributed by atoms with E-state index in [4.69, 9.17) is 0 Å². The van der Waals surface area contributed by atoms with Crippen molar-refractivity contribution in [3.63, 3.8) is 0 Å². The SMILES string of the molecule is O=C1NC(Cc2ccccc2)(Cc2ccccc2)C(=O)N1CN1CCN(c2ccccc2O)CC1. The first kappa shape index (κ1) is 22.9. The molecule has 0 aliphatic carbocycles. The van der Waals surface area contributed by atoms with Crippen LogP contribution in [0.5, 0.6) is 5.75 Å². The lowest BCUT2D eigenvalue weighted by atomic mass is 9.84. The molecule has 0 spiro atoms. The first-order chi connectivity index (χ1) is 17.0. The van der Waals surface area contributed by atoms with Gasteiger partial charge >= 0.3 is 6.03 Å². The quantitative estimate of drug-likeness (QED) is 0.519. The average Bonchev–Trinajstić information content (AvgIpc) is 3.10. The fraction of sp³-hybridized carbons (Fsp3) is 0.286. The maximum atomic E-state index is 13.8. The van der Waals surface area contributed by atoms with E-state index in [0.717, 1.165) is 16.8 Å². The minimum absolute atomic E-state index is 0.182. The summed E-state index contributed by atoms with van der Waals surface area (Å²) in [6.07, 6.45) is 0.871. The van der Waals surface area contributed by atoms with Gasteiger partial charge in [-0.3, -0.25) is 9.69 Å². The molecule has 2 saturated heterocycles. The van der Waals surface area contributed by atoms with Crippen LogP contribution in [0.1, 0.15) is 11.1 Å². The Morgan fingerprint density at radius 1 is 0.743 bits per heavy atom. The van der Waals surface area contributed by atoms with Gasteiger partial charge in [-0.2, -0.15) is 0 Å². The smallest absolute Gasteiger partial charge is 0.326 e. The molecule has 0 bridgehead atoms. The number of nitrogens with one attached hydrogen (secondary N) is 1. The molecule has 35 heavy (non-hydrogen) atoms. The molecule has 3 aromatic rings. The Labute approximate surface area is 205 Å². The Morgan fingerprint density at radius 3 is 1.86 bits per heavy atom. The van der Waals surface area contributed by atoms with E-state index in [1.54, 1.807) is 6.07 Å². The normalized spacial score (nSPS) is 18.1. The highest BCUT2D eigenvalue weighted by Gasteiger charge is 2.51. The van der Waals surface area contributed by atoms with Crippen molar-refractivity contribution in [3.05, 3.63) is 96.1 Å². The van der Waals surface area contributed by atoms with Gasteiger partial charge in [-0.15, -0.1) is 0 Å². The molecule has 2 aliphatic heterocycles. The van der Waals surface area contributed by atoms with Crippen LogP contribution in [-0.2, 0) is 17.6 Å². The van der Waals surface area contributed by atoms with Crippen molar-refractivity contribution in [2.45, 2.75) is 18.4 Å². The fourth-order valence-electron chi connectivity index (χ4n) is 5.06. The van der Waals surface area contributed by atoms with Gasteiger partial charge in [0.1, 0.15) is 11.3 Å². The molecule has 2 N–H and O–H groups in total. The number of benzene rings is 3. The van der Waals surface area contributed by atoms with Crippen LogP contribution in [0.25, 0.3) is 0 Å². The Hall–Kier alpha value is -3.84. The lowest BCUT2D eigenvalue weighted by Crippen LogP contribution is -2.53. The van der Waals surface area contributed by atoms with E-state index in [-0.39, 0.29) is 24.4 Å². The number of carbonyl (C=O) groups excluding carboxylic acids is 2. The fourth-order valence-corrected chi connectivity index (χ4v) is 5.06. The summed E-state index contributed by atoms with van der Waals surface area (Å²) in [5, 5.41) is 13.2. The monoisotopic (exact) mass is 470 g/mol. The summed E-state index contributed by atoms with van der Waals surface area (Å²) in [6.45, 7) is 3.05. The van der Waals surface area contributed by atoms with Gasteiger partial charge in [0.25, 0.3) is 5.91 Å². The van der Waals surface area contributed by atoms with E-state index in [9.17, 15) is 14.7 Å². The molecule has 0 atom stereocenters. The second-order valence-corrected chi connectivity index (χ2v) is 9.31. The van der Waals surface area contributed by atoms with E-state index in [1.165, 1.54) is 4.90 Å². The van der Waals surface area contributed by atoms with Crippen LogP contribution in [0, 0.1) is 0 Å². The molecular weight excluding hydrogens is 440 g/mol. The molecular formula is C28H30N4O3. The van der Waals surface area contributed by atoms with Crippen LogP contribution in [0.3, 0.4) is 0 Å². The summed E-state index contributed by atoms with van der Waals surface area (Å²) in [5.74, 6) is 0.0833. The average molecular weight is 471 g/mol. The molecule has 180 valence electrons. The van der Waals surface area contributed by atoms with Crippen molar-refractivity contribution in [2.75, 3.05) is 37.7 Å². The van der Waals surface area contributed by atoms with Gasteiger partial charge in [-0.05, 0) is 23.3 Å². The maximum absolute atomic E-state index is 13.8. The second kappa shape index (κ2) is 9.80. The zero-order valence-electron chi connectivity index (χ0n) is 19.6. The summed E-state index contributed by atoms with van der Waals surface area (Å²) < 4.78 is 0. The van der Waals surface area contributed by atoms with E-state index >= 15 is 0 Å². The van der Waals surface area contributed by atoms with E-state index in [1.807, 2.05) is 78.9 Å². The number of para-hydroxylation sites is 2. The Bertz CT molecular complexity index is 1140. The largest absolute Gasteiger partial charge is 0.506 e. The molecule has 0 unspecified atom stereocenters. The van der Waals surface area contributed by atoms with Gasteiger partial charge < -0.3 is 15.3 Å². The standard InChI is InChI=1S/C28H30N4O3/c33-25-14-8-7-13-24(25)31-17-15-30(16-18-31)21-32-26(34)28(29-27(32)35,19-22-9-3-1-4-10-22)20-23-11-5-2-6-12-23/h1-14,33H,15-21H2,(H,29,35). The van der Waals surface area contributed by atoms with Crippen molar-refractivity contribution in [1.82, 2.24) is 15.1 Å². The highest BCUT2D eigenvalue weighted by atomic mass is 16.3. The molecule has 5 rings (SSSR count). The number of aromatic hydroxyl groups is 1. The Morgan fingerprint density at radius 2 is 1.29 bits per heavy atom. The number of amides is 3. The molecule has 3 aromatic carbocycles. The minimum atomic E-state index is -1.02. The van der Waals surface area contributed by atoms with Crippen molar-refractivity contribution in [1.29, 1.82) is 0 Å². The number of anilines is 1. The summed E-state index contributed by atoms with van der Waals surface area (Å²) in [4.78, 5) is 32.5. The van der Waals surface area contributed by atoms with Gasteiger partial charge in [-0.1, -0.05) is 72.8 Å². The highest BCUT2D eigenvalue weighted by Crippen LogP contribution is 2.29. The predicted molar refractivity (Wildman–Crippen MR) is 135 cm³/mol. The zero-order valence-corrected chi connectivity index (χ0v) is 19.6. The van der Waals surface area contributed by atoms with Gasteiger partial charge in [-0.25, -0.2) is 9.69 Å². The number of carbonyl (C=O) groups is 2. The van der Waals surface area contributed by atoms with Crippen LogP contribution < -0.4 is 10.2 Å². The first-order valence-electron chi connectivity index (χ1n) is 12.0. The van der Waals surface area contributed by atoms with E-state index in [0.29, 0.717) is 39.0 Å². The third-order valence-electron chi connectivity index (χ3n) is 6.88. The Kier molecular flexibility index (Phi) is 6.42. The number of hydrogen-bond acceptors (Lipinski definition) is 5. The topological polar surface area (TPSA) is 76.1 Å². The maximum Gasteiger partial charge on any atom is 0.326 e. The number of phenolic OH excluding ortho intramolecular Hbond substituents is 1. The van der Waals surface area contributed by atoms with Crippen LogP contribution in [0.4, 0.5) is 10.5 Å². The third-order valence-corrected chi connectivity index (χ3v) is 6.88. The molecule has 7 nitrogen and oxygen atoms in total. The lowest BCUT2D eigenvalue weighted by Gasteiger charge is -2.37. The summed E-state index contributed by atoms with van der Waals surface area (Å²) in [6, 6.07) is 26.7. The molecule has 2 heterocycles. The number of nitrogens with zero attached hydrogens (tertiary/aromatic N) is 3. The number of rotatable bonds is 7. The molecule has 3 amide bonds. The van der Waals surface area contributed by atoms with Gasteiger partial charge in [0.2, 0.25) is 0 Å². The van der Waals surface area contributed by atoms with Crippen LogP contribution in [-0.4, -0.2) is 65.2 Å². The molecule has 0 aromatic heterocycles. The van der Waals surface area contributed by atoms with E-state index < -0.39 is 5.54 Å². The molecule has 2 fully saturated rings. The second-order valence-electron chi connectivity index (χ2n) is 9.31. The number of hydrogen-bond donors (Lipinski definition) is 2. The van der Waals surface area contributed by atoms with Crippen molar-refractivity contribution < 1.29 is 14.7 Å². The number of piperazine rings is 1. The number of imide groups is 1. The molecule has 7 heteroatoms. The predicted octanol–water partition coefficient (Wildman–Crippen LogP) is 3.25. The van der Waals surface area contributed by atoms with Gasteiger partial charge in [0.05, 0.1) is 12.4 Å². The van der Waals surface area contributed by atoms with E-state index in [2.05, 4.69) is 15.1 Å². The minimum Gasteiger partial charge on any atom is -0.506 e. The summed E-state index contributed by atoms with van der Waals surface area (Å²) in [7, 11) is 0. The van der Waals surface area contributed by atoms with Crippen molar-refractivity contribution in [2.24, 2.45) is 0 Å². The lowest BCUT2D eigenvalue weighted by molar-refractivity contribution is -0.132. The van der Waals surface area contributed by atoms with Gasteiger partial charge in [0, 0.05) is 39.0 Å².